The van der Waals surface area contributed by atoms with Gasteiger partial charge in [0.05, 0.1) is 38.2 Å². The van der Waals surface area contributed by atoms with Crippen LogP contribution in [0.15, 0.2) is 47.3 Å². The molecule has 1 aliphatic heterocycles. The van der Waals surface area contributed by atoms with E-state index >= 15 is 0 Å². The Labute approximate surface area is 136 Å². The van der Waals surface area contributed by atoms with Gasteiger partial charge >= 0.3 is 0 Å². The van der Waals surface area contributed by atoms with E-state index in [0.717, 1.165) is 43.9 Å². The fourth-order valence-electron chi connectivity index (χ4n) is 3.65. The van der Waals surface area contributed by atoms with Gasteiger partial charge in [0, 0.05) is 25.0 Å². The second-order valence-corrected chi connectivity index (χ2v) is 6.23. The lowest BCUT2D eigenvalue weighted by atomic mass is 10.1. The quantitative estimate of drug-likeness (QED) is 0.849. The van der Waals surface area contributed by atoms with Crippen molar-refractivity contribution in [2.24, 2.45) is 0 Å². The van der Waals surface area contributed by atoms with Crippen LogP contribution in [0.25, 0.3) is 0 Å². The van der Waals surface area contributed by atoms with Crippen molar-refractivity contribution in [2.45, 2.75) is 44.2 Å². The molecule has 0 unspecified atom stereocenters. The summed E-state index contributed by atoms with van der Waals surface area (Å²) in [7, 11) is 0. The fraction of sp³-hybridized carbons (Fsp3) is 0.500. The molecule has 23 heavy (non-hydrogen) atoms. The third kappa shape index (κ3) is 3.32. The van der Waals surface area contributed by atoms with Crippen LogP contribution >= 0.6 is 0 Å². The number of pyridine rings is 1. The van der Waals surface area contributed by atoms with Crippen LogP contribution in [0.5, 0.6) is 0 Å². The van der Waals surface area contributed by atoms with E-state index in [2.05, 4.69) is 9.88 Å². The van der Waals surface area contributed by atoms with Crippen molar-refractivity contribution in [2.75, 3.05) is 13.2 Å². The van der Waals surface area contributed by atoms with Crippen molar-refractivity contribution in [3.8, 4) is 0 Å². The van der Waals surface area contributed by atoms with Gasteiger partial charge in [-0.1, -0.05) is 0 Å². The normalized spacial score (nSPS) is 27.9. The predicted molar refractivity (Wildman–Crippen MR) is 84.7 cm³/mol. The number of furan rings is 1. The highest BCUT2D eigenvalue weighted by Gasteiger charge is 2.43. The predicted octanol–water partition coefficient (Wildman–Crippen LogP) is 2.62. The summed E-state index contributed by atoms with van der Waals surface area (Å²) in [5, 5.41) is 0. The minimum Gasteiger partial charge on any atom is -0.468 e. The van der Waals surface area contributed by atoms with Gasteiger partial charge in [0.25, 0.3) is 0 Å². The van der Waals surface area contributed by atoms with Crippen molar-refractivity contribution in [1.82, 2.24) is 9.88 Å². The molecule has 4 rings (SSSR count). The van der Waals surface area contributed by atoms with Crippen LogP contribution in [0.2, 0.25) is 0 Å². The smallest absolute Gasteiger partial charge is 0.117 e. The summed E-state index contributed by atoms with van der Waals surface area (Å²) in [5.74, 6) is 1.02. The molecule has 0 bridgehead atoms. The van der Waals surface area contributed by atoms with Gasteiger partial charge in [-0.2, -0.15) is 0 Å². The van der Waals surface area contributed by atoms with Crippen molar-refractivity contribution in [1.29, 1.82) is 0 Å². The minimum absolute atomic E-state index is 0.167. The first-order valence-corrected chi connectivity index (χ1v) is 8.29. The molecule has 1 aliphatic carbocycles. The Balaban J connectivity index is 1.37. The maximum Gasteiger partial charge on any atom is 0.117 e. The van der Waals surface area contributed by atoms with E-state index < -0.39 is 0 Å². The van der Waals surface area contributed by atoms with Crippen molar-refractivity contribution >= 4 is 0 Å². The zero-order valence-electron chi connectivity index (χ0n) is 13.1. The third-order valence-corrected chi connectivity index (χ3v) is 4.80. The largest absolute Gasteiger partial charge is 0.468 e. The van der Waals surface area contributed by atoms with Gasteiger partial charge in [-0.25, -0.2) is 0 Å². The maximum absolute atomic E-state index is 6.14. The molecule has 1 saturated carbocycles. The van der Waals surface area contributed by atoms with Crippen LogP contribution < -0.4 is 0 Å². The molecule has 0 N–H and O–H groups in total. The lowest BCUT2D eigenvalue weighted by Crippen LogP contribution is -2.51. The number of ether oxygens (including phenoxy) is 2. The Kier molecular flexibility index (Phi) is 4.41. The number of fused-ring (bicyclic) bond motifs is 1. The third-order valence-electron chi connectivity index (χ3n) is 4.80. The fourth-order valence-corrected chi connectivity index (χ4v) is 3.65. The molecule has 0 amide bonds. The first-order valence-electron chi connectivity index (χ1n) is 8.29. The highest BCUT2D eigenvalue weighted by molar-refractivity contribution is 5.08. The number of aromatic nitrogens is 1. The van der Waals surface area contributed by atoms with E-state index in [1.807, 2.05) is 24.3 Å². The van der Waals surface area contributed by atoms with Crippen LogP contribution in [0.1, 0.15) is 24.2 Å². The average Bonchev–Trinajstić information content (AvgIpc) is 3.24. The van der Waals surface area contributed by atoms with Crippen molar-refractivity contribution < 1.29 is 13.9 Å². The van der Waals surface area contributed by atoms with Crippen molar-refractivity contribution in [3.63, 3.8) is 0 Å². The topological polar surface area (TPSA) is 47.7 Å². The molecule has 3 atom stereocenters. The molecular formula is C18H22N2O3. The molecule has 0 aromatic carbocycles. The maximum atomic E-state index is 6.14. The lowest BCUT2D eigenvalue weighted by molar-refractivity contribution is -0.119. The average molecular weight is 314 g/mol. The number of rotatable bonds is 5. The summed E-state index contributed by atoms with van der Waals surface area (Å²) in [4.78, 5) is 6.52. The summed E-state index contributed by atoms with van der Waals surface area (Å²) in [6.07, 6.45) is 7.86. The van der Waals surface area contributed by atoms with Crippen LogP contribution in [0.4, 0.5) is 0 Å². The van der Waals surface area contributed by atoms with Gasteiger partial charge in [-0.3, -0.25) is 9.88 Å². The molecule has 2 aliphatic rings. The number of nitrogens with zero attached hydrogens (tertiary/aromatic N) is 2. The molecule has 5 heteroatoms. The molecule has 5 nitrogen and oxygen atoms in total. The molecular weight excluding hydrogens is 292 g/mol. The van der Waals surface area contributed by atoms with E-state index in [-0.39, 0.29) is 12.2 Å². The SMILES string of the molecule is c1coc(CN2CCO[C@H]3[C@H]2CC[C@H]3OCc2ccncc2)c1. The number of hydrogen-bond acceptors (Lipinski definition) is 5. The summed E-state index contributed by atoms with van der Waals surface area (Å²) in [5.41, 5.74) is 1.16. The van der Waals surface area contributed by atoms with E-state index in [4.69, 9.17) is 13.9 Å². The summed E-state index contributed by atoms with van der Waals surface area (Å²) >= 11 is 0. The molecule has 2 fully saturated rings. The zero-order valence-corrected chi connectivity index (χ0v) is 13.1. The Bertz CT molecular complexity index is 602. The number of morpholine rings is 1. The highest BCUT2D eigenvalue weighted by atomic mass is 16.5. The molecule has 0 radical (unpaired) electrons. The molecule has 2 aromatic heterocycles. The van der Waals surface area contributed by atoms with Crippen LogP contribution in [0, 0.1) is 0 Å². The van der Waals surface area contributed by atoms with Gasteiger partial charge in [0.15, 0.2) is 0 Å². The van der Waals surface area contributed by atoms with E-state index in [0.29, 0.717) is 12.6 Å². The Morgan fingerprint density at radius 2 is 2.13 bits per heavy atom. The van der Waals surface area contributed by atoms with Gasteiger partial charge in [0.1, 0.15) is 5.76 Å². The van der Waals surface area contributed by atoms with Gasteiger partial charge in [-0.05, 0) is 42.7 Å². The van der Waals surface area contributed by atoms with Crippen LogP contribution in [0.3, 0.4) is 0 Å². The van der Waals surface area contributed by atoms with Gasteiger partial charge in [-0.15, -0.1) is 0 Å². The first-order chi connectivity index (χ1) is 11.4. The molecule has 2 aromatic rings. The highest BCUT2D eigenvalue weighted by Crippen LogP contribution is 2.33. The Morgan fingerprint density at radius 1 is 1.22 bits per heavy atom. The summed E-state index contributed by atoms with van der Waals surface area (Å²) in [6, 6.07) is 8.41. The molecule has 0 spiro atoms. The van der Waals surface area contributed by atoms with Crippen LogP contribution in [-0.4, -0.2) is 41.3 Å². The van der Waals surface area contributed by atoms with Crippen LogP contribution in [-0.2, 0) is 22.6 Å². The molecule has 122 valence electrons. The van der Waals surface area contributed by atoms with Gasteiger partial charge in [0.2, 0.25) is 0 Å². The molecule has 1 saturated heterocycles. The Hall–Kier alpha value is -1.69. The summed E-state index contributed by atoms with van der Waals surface area (Å²) < 4.78 is 17.7. The monoisotopic (exact) mass is 314 g/mol. The number of hydrogen-bond donors (Lipinski definition) is 0. The van der Waals surface area contributed by atoms with E-state index in [1.54, 1.807) is 18.7 Å². The second-order valence-electron chi connectivity index (χ2n) is 6.23. The standard InChI is InChI=1S/C18H22N2O3/c1-2-15(21-10-1)12-20-9-11-22-18-16(20)3-4-17(18)23-13-14-5-7-19-8-6-14/h1-2,5-8,10,16-18H,3-4,9,11-13H2/t16-,17-,18+/m1/s1. The van der Waals surface area contributed by atoms with Gasteiger partial charge < -0.3 is 13.9 Å². The Morgan fingerprint density at radius 3 is 2.96 bits per heavy atom. The second kappa shape index (κ2) is 6.83. The zero-order chi connectivity index (χ0) is 15.5. The lowest BCUT2D eigenvalue weighted by Gasteiger charge is -2.38. The van der Waals surface area contributed by atoms with Crippen molar-refractivity contribution in [3.05, 3.63) is 54.2 Å². The molecule has 3 heterocycles. The minimum atomic E-state index is 0.167. The summed E-state index contributed by atoms with van der Waals surface area (Å²) in [6.45, 7) is 3.20. The van der Waals surface area contributed by atoms with E-state index in [1.165, 1.54) is 0 Å². The first kappa shape index (κ1) is 14.9. The van der Waals surface area contributed by atoms with E-state index in [9.17, 15) is 0 Å².